The minimum atomic E-state index is -0.131. The molecular formula is C13H19N3O3. The van der Waals surface area contributed by atoms with E-state index in [2.05, 4.69) is 10.3 Å². The summed E-state index contributed by atoms with van der Waals surface area (Å²) in [5.41, 5.74) is 0.651. The number of hydrogen-bond donors (Lipinski definition) is 1. The third kappa shape index (κ3) is 3.57. The van der Waals surface area contributed by atoms with Crippen LogP contribution in [0, 0.1) is 0 Å². The summed E-state index contributed by atoms with van der Waals surface area (Å²) in [6, 6.07) is 3.34. The molecule has 1 fully saturated rings. The molecule has 0 unspecified atom stereocenters. The van der Waals surface area contributed by atoms with Gasteiger partial charge in [0.2, 0.25) is 5.88 Å². The fourth-order valence-electron chi connectivity index (χ4n) is 2.12. The standard InChI is InChI=1S/C13H19N3O3/c1-9-7-16(8-10(2)19-9)13(17)15-11-4-5-12(18-3)14-6-11/h4-6,9-10H,7-8H2,1-3H3,(H,15,17)/t9-,10+. The molecule has 2 heterocycles. The first kappa shape index (κ1) is 13.6. The molecule has 1 aliphatic heterocycles. The molecule has 0 aliphatic carbocycles. The van der Waals surface area contributed by atoms with Gasteiger partial charge < -0.3 is 19.7 Å². The van der Waals surface area contributed by atoms with Gasteiger partial charge >= 0.3 is 6.03 Å². The van der Waals surface area contributed by atoms with Crippen molar-refractivity contribution in [3.63, 3.8) is 0 Å². The highest BCUT2D eigenvalue weighted by Crippen LogP contribution is 2.14. The Labute approximate surface area is 112 Å². The van der Waals surface area contributed by atoms with Gasteiger partial charge in [0.1, 0.15) is 0 Å². The van der Waals surface area contributed by atoms with Crippen LogP contribution in [0.25, 0.3) is 0 Å². The largest absolute Gasteiger partial charge is 0.481 e. The Balaban J connectivity index is 1.96. The van der Waals surface area contributed by atoms with Crippen LogP contribution in [0.2, 0.25) is 0 Å². The normalized spacial score (nSPS) is 23.0. The molecule has 0 radical (unpaired) electrons. The number of ether oxygens (including phenoxy) is 2. The number of methoxy groups -OCH3 is 1. The van der Waals surface area contributed by atoms with E-state index in [1.165, 1.54) is 0 Å². The van der Waals surface area contributed by atoms with Gasteiger partial charge in [-0.25, -0.2) is 9.78 Å². The molecule has 2 rings (SSSR count). The van der Waals surface area contributed by atoms with E-state index >= 15 is 0 Å². The first-order chi connectivity index (χ1) is 9.08. The Morgan fingerprint density at radius 1 is 1.42 bits per heavy atom. The van der Waals surface area contributed by atoms with E-state index in [1.807, 2.05) is 13.8 Å². The lowest BCUT2D eigenvalue weighted by Gasteiger charge is -2.35. The summed E-state index contributed by atoms with van der Waals surface area (Å²) in [6.45, 7) is 5.12. The average Bonchev–Trinajstić information content (AvgIpc) is 2.38. The predicted octanol–water partition coefficient (Wildman–Crippen LogP) is 1.73. The predicted molar refractivity (Wildman–Crippen MR) is 71.4 cm³/mol. The lowest BCUT2D eigenvalue weighted by Crippen LogP contribution is -2.49. The van der Waals surface area contributed by atoms with Gasteiger partial charge in [-0.05, 0) is 19.9 Å². The topological polar surface area (TPSA) is 63.7 Å². The second kappa shape index (κ2) is 5.88. The fraction of sp³-hybridized carbons (Fsp3) is 0.538. The summed E-state index contributed by atoms with van der Waals surface area (Å²) in [5, 5.41) is 2.82. The van der Waals surface area contributed by atoms with E-state index in [-0.39, 0.29) is 18.2 Å². The average molecular weight is 265 g/mol. The molecule has 1 aromatic heterocycles. The molecule has 6 nitrogen and oxygen atoms in total. The van der Waals surface area contributed by atoms with Gasteiger partial charge in [0, 0.05) is 19.2 Å². The number of carbonyl (C=O) groups excluding carboxylic acids is 1. The number of nitrogens with one attached hydrogen (secondary N) is 1. The number of anilines is 1. The minimum Gasteiger partial charge on any atom is -0.481 e. The highest BCUT2D eigenvalue weighted by Gasteiger charge is 2.25. The molecular weight excluding hydrogens is 246 g/mol. The van der Waals surface area contributed by atoms with Gasteiger partial charge in [-0.15, -0.1) is 0 Å². The molecule has 104 valence electrons. The highest BCUT2D eigenvalue weighted by atomic mass is 16.5. The third-order valence-corrected chi connectivity index (χ3v) is 2.90. The van der Waals surface area contributed by atoms with Gasteiger partial charge in [0.25, 0.3) is 0 Å². The molecule has 0 bridgehead atoms. The van der Waals surface area contributed by atoms with Crippen LogP contribution < -0.4 is 10.1 Å². The van der Waals surface area contributed by atoms with Crippen molar-refractivity contribution < 1.29 is 14.3 Å². The maximum Gasteiger partial charge on any atom is 0.322 e. The van der Waals surface area contributed by atoms with E-state index in [0.717, 1.165) is 0 Å². The lowest BCUT2D eigenvalue weighted by molar-refractivity contribution is -0.0530. The smallest absolute Gasteiger partial charge is 0.322 e. The van der Waals surface area contributed by atoms with Crippen LogP contribution in [0.5, 0.6) is 5.88 Å². The molecule has 1 N–H and O–H groups in total. The summed E-state index contributed by atoms with van der Waals surface area (Å²) in [6.07, 6.45) is 1.69. The molecule has 19 heavy (non-hydrogen) atoms. The molecule has 2 amide bonds. The molecule has 2 atom stereocenters. The first-order valence-corrected chi connectivity index (χ1v) is 6.30. The van der Waals surface area contributed by atoms with Gasteiger partial charge in [-0.1, -0.05) is 0 Å². The molecule has 6 heteroatoms. The Bertz CT molecular complexity index is 425. The van der Waals surface area contributed by atoms with Crippen molar-refractivity contribution in [3.05, 3.63) is 18.3 Å². The van der Waals surface area contributed by atoms with Crippen molar-refractivity contribution >= 4 is 11.7 Å². The number of carbonyl (C=O) groups is 1. The summed E-state index contributed by atoms with van der Waals surface area (Å²) >= 11 is 0. The van der Waals surface area contributed by atoms with Crippen molar-refractivity contribution in [1.82, 2.24) is 9.88 Å². The van der Waals surface area contributed by atoms with Crippen LogP contribution in [-0.2, 0) is 4.74 Å². The van der Waals surface area contributed by atoms with E-state index in [4.69, 9.17) is 9.47 Å². The van der Waals surface area contributed by atoms with Gasteiger partial charge in [-0.2, -0.15) is 0 Å². The zero-order valence-electron chi connectivity index (χ0n) is 11.4. The molecule has 1 aromatic rings. The SMILES string of the molecule is COc1ccc(NC(=O)N2C[C@@H](C)O[C@@H](C)C2)cn1. The van der Waals surface area contributed by atoms with E-state index in [1.54, 1.807) is 30.3 Å². The van der Waals surface area contributed by atoms with Crippen molar-refractivity contribution in [2.24, 2.45) is 0 Å². The van der Waals surface area contributed by atoms with Gasteiger partial charge in [0.15, 0.2) is 0 Å². The Morgan fingerprint density at radius 3 is 2.63 bits per heavy atom. The number of aromatic nitrogens is 1. The lowest BCUT2D eigenvalue weighted by atomic mass is 10.2. The summed E-state index contributed by atoms with van der Waals surface area (Å²) in [4.78, 5) is 17.9. The highest BCUT2D eigenvalue weighted by molar-refractivity contribution is 5.89. The second-order valence-corrected chi connectivity index (χ2v) is 4.68. The van der Waals surface area contributed by atoms with Crippen LogP contribution in [0.4, 0.5) is 10.5 Å². The Hall–Kier alpha value is -1.82. The number of rotatable bonds is 2. The van der Waals surface area contributed by atoms with E-state index in [0.29, 0.717) is 24.7 Å². The number of pyridine rings is 1. The van der Waals surface area contributed by atoms with Gasteiger partial charge in [0.05, 0.1) is 31.2 Å². The van der Waals surface area contributed by atoms with E-state index in [9.17, 15) is 4.79 Å². The van der Waals surface area contributed by atoms with Crippen molar-refractivity contribution in [2.45, 2.75) is 26.1 Å². The number of nitrogens with zero attached hydrogens (tertiary/aromatic N) is 2. The summed E-state index contributed by atoms with van der Waals surface area (Å²) in [5.74, 6) is 0.520. The van der Waals surface area contributed by atoms with Crippen molar-refractivity contribution in [3.8, 4) is 5.88 Å². The monoisotopic (exact) mass is 265 g/mol. The summed E-state index contributed by atoms with van der Waals surface area (Å²) in [7, 11) is 1.55. The molecule has 1 aliphatic rings. The van der Waals surface area contributed by atoms with Crippen LogP contribution in [0.3, 0.4) is 0 Å². The molecule has 0 saturated carbocycles. The molecule has 0 aromatic carbocycles. The van der Waals surface area contributed by atoms with Crippen molar-refractivity contribution in [2.75, 3.05) is 25.5 Å². The quantitative estimate of drug-likeness (QED) is 0.884. The third-order valence-electron chi connectivity index (χ3n) is 2.90. The maximum absolute atomic E-state index is 12.1. The van der Waals surface area contributed by atoms with E-state index < -0.39 is 0 Å². The zero-order chi connectivity index (χ0) is 13.8. The Kier molecular flexibility index (Phi) is 4.21. The van der Waals surface area contributed by atoms with Crippen LogP contribution >= 0.6 is 0 Å². The zero-order valence-corrected chi connectivity index (χ0v) is 11.4. The number of hydrogen-bond acceptors (Lipinski definition) is 4. The Morgan fingerprint density at radius 2 is 2.11 bits per heavy atom. The number of urea groups is 1. The maximum atomic E-state index is 12.1. The number of morpholine rings is 1. The van der Waals surface area contributed by atoms with Crippen LogP contribution in [-0.4, -0.2) is 48.3 Å². The first-order valence-electron chi connectivity index (χ1n) is 6.30. The molecule has 1 saturated heterocycles. The van der Waals surface area contributed by atoms with Crippen LogP contribution in [0.15, 0.2) is 18.3 Å². The fourth-order valence-corrected chi connectivity index (χ4v) is 2.12. The van der Waals surface area contributed by atoms with Crippen molar-refractivity contribution in [1.29, 1.82) is 0 Å². The van der Waals surface area contributed by atoms with Crippen LogP contribution in [0.1, 0.15) is 13.8 Å². The molecule has 0 spiro atoms. The number of amides is 2. The van der Waals surface area contributed by atoms with Gasteiger partial charge in [-0.3, -0.25) is 0 Å². The summed E-state index contributed by atoms with van der Waals surface area (Å²) < 4.78 is 10.6. The minimum absolute atomic E-state index is 0.0588. The second-order valence-electron chi connectivity index (χ2n) is 4.68.